The van der Waals surface area contributed by atoms with Gasteiger partial charge >= 0.3 is 0 Å². The van der Waals surface area contributed by atoms with E-state index < -0.39 is 17.9 Å². The van der Waals surface area contributed by atoms with Crippen LogP contribution in [0.5, 0.6) is 5.75 Å². The Morgan fingerprint density at radius 2 is 1.61 bits per heavy atom. The Balaban J connectivity index is 1.48. The number of ether oxygens (including phenoxy) is 1. The fraction of sp³-hybridized carbons (Fsp3) is 0.375. The molecule has 3 rings (SSSR count). The molecule has 0 aliphatic heterocycles. The average Bonchev–Trinajstić information content (AvgIpc) is 2.82. The molecule has 0 heterocycles. The lowest BCUT2D eigenvalue weighted by Gasteiger charge is -2.20. The van der Waals surface area contributed by atoms with Crippen molar-refractivity contribution in [3.63, 3.8) is 0 Å². The zero-order chi connectivity index (χ0) is 22.1. The largest absolute Gasteiger partial charge is 0.481 e. The highest BCUT2D eigenvalue weighted by atomic mass is 16.5. The summed E-state index contributed by atoms with van der Waals surface area (Å²) in [5.74, 6) is -0.199. The summed E-state index contributed by atoms with van der Waals surface area (Å²) in [4.78, 5) is 37.0. The monoisotopic (exact) mass is 423 g/mol. The molecule has 1 unspecified atom stereocenters. The van der Waals surface area contributed by atoms with E-state index >= 15 is 0 Å². The highest BCUT2D eigenvalue weighted by Gasteiger charge is 2.21. The third kappa shape index (κ3) is 6.57. The van der Waals surface area contributed by atoms with Crippen LogP contribution in [0.3, 0.4) is 0 Å². The van der Waals surface area contributed by atoms with Gasteiger partial charge in [0.25, 0.3) is 11.8 Å². The number of para-hydroxylation sites is 1. The maximum atomic E-state index is 12.3. The molecule has 0 saturated heterocycles. The predicted octanol–water partition coefficient (Wildman–Crippen LogP) is 3.82. The van der Waals surface area contributed by atoms with Gasteiger partial charge in [-0.3, -0.25) is 25.2 Å². The third-order valence-corrected chi connectivity index (χ3v) is 5.37. The molecule has 0 aromatic heterocycles. The van der Waals surface area contributed by atoms with Crippen LogP contribution in [0.4, 0.5) is 5.69 Å². The highest BCUT2D eigenvalue weighted by molar-refractivity contribution is 5.97. The van der Waals surface area contributed by atoms with Crippen LogP contribution >= 0.6 is 0 Å². The van der Waals surface area contributed by atoms with Gasteiger partial charge in [0, 0.05) is 17.2 Å². The van der Waals surface area contributed by atoms with Crippen molar-refractivity contribution < 1.29 is 19.1 Å². The molecular formula is C24H29N3O4. The Kier molecular flexibility index (Phi) is 8.04. The minimum atomic E-state index is -0.722. The van der Waals surface area contributed by atoms with Crippen LogP contribution in [0.1, 0.15) is 55.8 Å². The normalized spacial score (nSPS) is 14.9. The molecule has 0 radical (unpaired) electrons. The Labute approximate surface area is 182 Å². The minimum Gasteiger partial charge on any atom is -0.481 e. The first-order valence-electron chi connectivity index (χ1n) is 10.8. The Bertz CT molecular complexity index is 877. The van der Waals surface area contributed by atoms with Crippen molar-refractivity contribution in [1.29, 1.82) is 0 Å². The molecule has 2 aromatic carbocycles. The Morgan fingerprint density at radius 3 is 2.26 bits per heavy atom. The number of nitrogens with one attached hydrogen (secondary N) is 3. The van der Waals surface area contributed by atoms with E-state index in [1.54, 1.807) is 36.4 Å². The summed E-state index contributed by atoms with van der Waals surface area (Å²) in [7, 11) is 0. The smallest absolute Gasteiger partial charge is 0.279 e. The van der Waals surface area contributed by atoms with Gasteiger partial charge in [-0.15, -0.1) is 0 Å². The highest BCUT2D eigenvalue weighted by Crippen LogP contribution is 2.25. The number of amides is 3. The van der Waals surface area contributed by atoms with Crippen LogP contribution in [-0.2, 0) is 9.59 Å². The molecule has 31 heavy (non-hydrogen) atoms. The van der Waals surface area contributed by atoms with Crippen LogP contribution in [0, 0.1) is 5.92 Å². The summed E-state index contributed by atoms with van der Waals surface area (Å²) >= 11 is 0. The van der Waals surface area contributed by atoms with Gasteiger partial charge in [-0.25, -0.2) is 0 Å². The van der Waals surface area contributed by atoms with Gasteiger partial charge in [0.1, 0.15) is 5.75 Å². The van der Waals surface area contributed by atoms with Crippen LogP contribution in [0.25, 0.3) is 0 Å². The van der Waals surface area contributed by atoms with E-state index in [-0.39, 0.29) is 11.8 Å². The summed E-state index contributed by atoms with van der Waals surface area (Å²) in [6, 6.07) is 15.6. The zero-order valence-electron chi connectivity index (χ0n) is 17.7. The number of hydrogen-bond donors (Lipinski definition) is 3. The lowest BCUT2D eigenvalue weighted by molar-refractivity contribution is -0.129. The number of carbonyl (C=O) groups excluding carboxylic acids is 3. The maximum absolute atomic E-state index is 12.3. The molecule has 7 heteroatoms. The molecule has 1 atom stereocenters. The number of benzene rings is 2. The first-order valence-corrected chi connectivity index (χ1v) is 10.8. The minimum absolute atomic E-state index is 0.0354. The van der Waals surface area contributed by atoms with Gasteiger partial charge in [-0.2, -0.15) is 0 Å². The van der Waals surface area contributed by atoms with Crippen molar-refractivity contribution in [2.75, 3.05) is 5.32 Å². The third-order valence-electron chi connectivity index (χ3n) is 5.37. The molecule has 1 aliphatic rings. The number of carbonyl (C=O) groups is 3. The molecule has 1 aliphatic carbocycles. The SMILES string of the molecule is CCC(Oc1ccccc1)C(=O)NNC(=O)c1ccc(NC(=O)C2CCCCC2)cc1. The second-order valence-electron chi connectivity index (χ2n) is 7.67. The lowest BCUT2D eigenvalue weighted by atomic mass is 9.88. The molecule has 164 valence electrons. The molecule has 3 N–H and O–H groups in total. The van der Waals surface area contributed by atoms with Crippen LogP contribution in [-0.4, -0.2) is 23.8 Å². The Hall–Kier alpha value is -3.35. The molecule has 1 saturated carbocycles. The van der Waals surface area contributed by atoms with E-state index in [0.717, 1.165) is 25.7 Å². The van der Waals surface area contributed by atoms with Crippen molar-refractivity contribution in [2.45, 2.75) is 51.6 Å². The van der Waals surface area contributed by atoms with Crippen LogP contribution < -0.4 is 20.9 Å². The van der Waals surface area contributed by atoms with Crippen molar-refractivity contribution in [3.8, 4) is 5.75 Å². The summed E-state index contributed by atoms with van der Waals surface area (Å²) in [6.07, 6.45) is 4.97. The fourth-order valence-corrected chi connectivity index (χ4v) is 3.57. The van der Waals surface area contributed by atoms with E-state index in [2.05, 4.69) is 16.2 Å². The van der Waals surface area contributed by atoms with Gasteiger partial charge in [0.2, 0.25) is 5.91 Å². The molecule has 0 spiro atoms. The van der Waals surface area contributed by atoms with Gasteiger partial charge in [-0.1, -0.05) is 44.4 Å². The topological polar surface area (TPSA) is 96.5 Å². The number of anilines is 1. The van der Waals surface area contributed by atoms with Crippen molar-refractivity contribution in [2.24, 2.45) is 5.92 Å². The summed E-state index contributed by atoms with van der Waals surface area (Å²) in [6.45, 7) is 1.83. The molecule has 0 bridgehead atoms. The van der Waals surface area contributed by atoms with E-state index in [0.29, 0.717) is 23.4 Å². The van der Waals surface area contributed by atoms with E-state index in [1.165, 1.54) is 6.42 Å². The fourth-order valence-electron chi connectivity index (χ4n) is 3.57. The zero-order valence-corrected chi connectivity index (χ0v) is 17.7. The first-order chi connectivity index (χ1) is 15.1. The van der Waals surface area contributed by atoms with Gasteiger partial charge in [0.05, 0.1) is 0 Å². The maximum Gasteiger partial charge on any atom is 0.279 e. The predicted molar refractivity (Wildman–Crippen MR) is 118 cm³/mol. The summed E-state index contributed by atoms with van der Waals surface area (Å²) in [5.41, 5.74) is 5.83. The summed E-state index contributed by atoms with van der Waals surface area (Å²) < 4.78 is 5.66. The number of rotatable bonds is 7. The van der Waals surface area contributed by atoms with E-state index in [9.17, 15) is 14.4 Å². The lowest BCUT2D eigenvalue weighted by Crippen LogP contribution is -2.47. The first kappa shape index (κ1) is 22.3. The second-order valence-corrected chi connectivity index (χ2v) is 7.67. The molecule has 3 amide bonds. The van der Waals surface area contributed by atoms with Gasteiger partial charge in [0.15, 0.2) is 6.10 Å². The molecular weight excluding hydrogens is 394 g/mol. The number of hydrogen-bond acceptors (Lipinski definition) is 4. The van der Waals surface area contributed by atoms with Gasteiger partial charge in [-0.05, 0) is 55.7 Å². The quantitative estimate of drug-likeness (QED) is 0.590. The standard InChI is InChI=1S/C24H29N3O4/c1-2-21(31-20-11-7-4-8-12-20)24(30)27-26-23(29)18-13-15-19(16-14-18)25-22(28)17-9-5-3-6-10-17/h4,7-8,11-17,21H,2-3,5-6,9-10H2,1H3,(H,25,28)(H,26,29)(H,27,30). The van der Waals surface area contributed by atoms with Crippen LogP contribution in [0.2, 0.25) is 0 Å². The van der Waals surface area contributed by atoms with Crippen molar-refractivity contribution >= 4 is 23.4 Å². The molecule has 1 fully saturated rings. The second kappa shape index (κ2) is 11.2. The average molecular weight is 424 g/mol. The number of hydrazine groups is 1. The van der Waals surface area contributed by atoms with E-state index in [4.69, 9.17) is 4.74 Å². The summed E-state index contributed by atoms with van der Waals surface area (Å²) in [5, 5.41) is 2.92. The molecule has 7 nitrogen and oxygen atoms in total. The van der Waals surface area contributed by atoms with E-state index in [1.807, 2.05) is 25.1 Å². The van der Waals surface area contributed by atoms with Crippen molar-refractivity contribution in [1.82, 2.24) is 10.9 Å². The van der Waals surface area contributed by atoms with Crippen molar-refractivity contribution in [3.05, 3.63) is 60.2 Å². The van der Waals surface area contributed by atoms with Crippen LogP contribution in [0.15, 0.2) is 54.6 Å². The van der Waals surface area contributed by atoms with Gasteiger partial charge < -0.3 is 10.1 Å². The molecule has 2 aromatic rings. The Morgan fingerprint density at radius 1 is 0.935 bits per heavy atom.